The van der Waals surface area contributed by atoms with E-state index in [1.165, 1.54) is 9.80 Å². The highest BCUT2D eigenvalue weighted by Crippen LogP contribution is 2.46. The van der Waals surface area contributed by atoms with Crippen molar-refractivity contribution in [1.29, 1.82) is 0 Å². The van der Waals surface area contributed by atoms with Gasteiger partial charge in [-0.1, -0.05) is 38.1 Å². The van der Waals surface area contributed by atoms with Gasteiger partial charge in [0.1, 0.15) is 0 Å². The van der Waals surface area contributed by atoms with Crippen LogP contribution in [0.15, 0.2) is 48.5 Å². The highest BCUT2D eigenvalue weighted by molar-refractivity contribution is 6.41. The maximum absolute atomic E-state index is 13.6. The van der Waals surface area contributed by atoms with Crippen molar-refractivity contribution in [2.45, 2.75) is 26.7 Å². The lowest BCUT2D eigenvalue weighted by molar-refractivity contribution is 0.0511. The minimum absolute atomic E-state index is 0.194. The molecule has 0 aliphatic carbocycles. The predicted molar refractivity (Wildman–Crippen MR) is 161 cm³/mol. The Morgan fingerprint density at radius 2 is 0.762 bits per heavy atom. The standard InChI is InChI=1S/C34H30N2O6/c1-3-15-41-17-13-35-31(37)23-9-5-19-21-7-11-25-30-26(34(40)36(33(25)39)14-18-42-16-4-2)12-8-22(28(21)30)20-6-10-24(32(35)38)29(23)27(19)20/h5-12H,3-4,13-18H2,1-2H3. The molecule has 0 radical (unpaired) electrons. The fraction of sp³-hybridized carbons (Fsp3) is 0.294. The first-order chi connectivity index (χ1) is 20.5. The molecule has 4 amide bonds. The van der Waals surface area contributed by atoms with Crippen molar-refractivity contribution in [3.63, 3.8) is 0 Å². The summed E-state index contributed by atoms with van der Waals surface area (Å²) in [4.78, 5) is 56.8. The molecule has 212 valence electrons. The maximum Gasteiger partial charge on any atom is 0.261 e. The van der Waals surface area contributed by atoms with Crippen LogP contribution in [0, 0.1) is 0 Å². The van der Waals surface area contributed by atoms with Gasteiger partial charge in [0, 0.05) is 46.2 Å². The van der Waals surface area contributed by atoms with Crippen molar-refractivity contribution < 1.29 is 28.7 Å². The molecule has 2 heterocycles. The number of carbonyl (C=O) groups excluding carboxylic acids is 4. The lowest BCUT2D eigenvalue weighted by Gasteiger charge is -2.30. The molecule has 7 rings (SSSR count). The van der Waals surface area contributed by atoms with Crippen molar-refractivity contribution in [2.75, 3.05) is 39.5 Å². The number of imide groups is 2. The molecule has 0 bridgehead atoms. The van der Waals surface area contributed by atoms with Crippen LogP contribution in [0.25, 0.3) is 43.1 Å². The zero-order valence-electron chi connectivity index (χ0n) is 23.6. The largest absolute Gasteiger partial charge is 0.380 e. The van der Waals surface area contributed by atoms with E-state index >= 15 is 0 Å². The molecule has 0 fully saturated rings. The van der Waals surface area contributed by atoms with Gasteiger partial charge in [0.15, 0.2) is 0 Å². The summed E-state index contributed by atoms with van der Waals surface area (Å²) in [5.41, 5.74) is 1.95. The zero-order chi connectivity index (χ0) is 29.1. The summed E-state index contributed by atoms with van der Waals surface area (Å²) in [6, 6.07) is 14.8. The van der Waals surface area contributed by atoms with Crippen LogP contribution in [0.4, 0.5) is 0 Å². The Morgan fingerprint density at radius 3 is 1.05 bits per heavy atom. The third-order valence-corrected chi connectivity index (χ3v) is 8.42. The van der Waals surface area contributed by atoms with E-state index in [1.807, 2.05) is 38.1 Å². The third kappa shape index (κ3) is 3.68. The molecule has 5 aromatic rings. The second-order valence-electron chi connectivity index (χ2n) is 10.9. The first-order valence-electron chi connectivity index (χ1n) is 14.6. The van der Waals surface area contributed by atoms with Crippen molar-refractivity contribution in [3.05, 3.63) is 70.8 Å². The Kier molecular flexibility index (Phi) is 6.40. The molecule has 0 saturated heterocycles. The van der Waals surface area contributed by atoms with Crippen LogP contribution < -0.4 is 0 Å². The minimum Gasteiger partial charge on any atom is -0.380 e. The Balaban J connectivity index is 1.40. The molecule has 8 heteroatoms. The summed E-state index contributed by atoms with van der Waals surface area (Å²) in [5.74, 6) is -1.31. The van der Waals surface area contributed by atoms with Crippen LogP contribution in [0.5, 0.6) is 0 Å². The first kappa shape index (κ1) is 26.5. The average Bonchev–Trinajstić information content (AvgIpc) is 3.01. The van der Waals surface area contributed by atoms with E-state index in [0.29, 0.717) is 59.5 Å². The monoisotopic (exact) mass is 562 g/mol. The van der Waals surface area contributed by atoms with E-state index in [0.717, 1.165) is 45.2 Å². The smallest absolute Gasteiger partial charge is 0.261 e. The average molecular weight is 563 g/mol. The van der Waals surface area contributed by atoms with Crippen molar-refractivity contribution >= 4 is 66.7 Å². The first-order valence-corrected chi connectivity index (χ1v) is 14.6. The van der Waals surface area contributed by atoms with Crippen LogP contribution in [0.3, 0.4) is 0 Å². The van der Waals surface area contributed by atoms with Crippen molar-refractivity contribution in [3.8, 4) is 0 Å². The molecule has 0 aromatic heterocycles. The number of ether oxygens (including phenoxy) is 2. The second-order valence-corrected chi connectivity index (χ2v) is 10.9. The van der Waals surface area contributed by atoms with E-state index in [2.05, 4.69) is 0 Å². The van der Waals surface area contributed by atoms with Gasteiger partial charge in [0.25, 0.3) is 23.6 Å². The van der Waals surface area contributed by atoms with Crippen LogP contribution in [-0.2, 0) is 9.47 Å². The molecule has 2 aliphatic rings. The summed E-state index contributed by atoms with van der Waals surface area (Å²) >= 11 is 0. The molecule has 42 heavy (non-hydrogen) atoms. The fourth-order valence-electron chi connectivity index (χ4n) is 6.58. The zero-order valence-corrected chi connectivity index (χ0v) is 23.6. The van der Waals surface area contributed by atoms with Crippen LogP contribution in [0.1, 0.15) is 68.1 Å². The number of benzene rings is 5. The second kappa shape index (κ2) is 10.2. The summed E-state index contributed by atoms with van der Waals surface area (Å²) in [5, 5.41) is 6.47. The normalized spacial score (nSPS) is 15.0. The van der Waals surface area contributed by atoms with E-state index in [9.17, 15) is 19.2 Å². The topological polar surface area (TPSA) is 93.2 Å². The number of nitrogens with zero attached hydrogens (tertiary/aromatic N) is 2. The Labute approximate surface area is 242 Å². The van der Waals surface area contributed by atoms with Crippen LogP contribution in [0.2, 0.25) is 0 Å². The van der Waals surface area contributed by atoms with E-state index in [1.54, 1.807) is 24.3 Å². The molecule has 0 N–H and O–H groups in total. The Morgan fingerprint density at radius 1 is 0.452 bits per heavy atom. The number of hydrogen-bond acceptors (Lipinski definition) is 6. The quantitative estimate of drug-likeness (QED) is 0.0927. The highest BCUT2D eigenvalue weighted by atomic mass is 16.5. The number of fused-ring (bicyclic) bond motifs is 2. The van der Waals surface area contributed by atoms with Gasteiger partial charge in [-0.15, -0.1) is 0 Å². The number of hydrogen-bond donors (Lipinski definition) is 0. The molecule has 5 aromatic carbocycles. The maximum atomic E-state index is 13.6. The number of carbonyl (C=O) groups is 4. The van der Waals surface area contributed by atoms with E-state index in [-0.39, 0.29) is 36.7 Å². The molecular weight excluding hydrogens is 532 g/mol. The molecule has 8 nitrogen and oxygen atoms in total. The van der Waals surface area contributed by atoms with Gasteiger partial charge >= 0.3 is 0 Å². The van der Waals surface area contributed by atoms with E-state index < -0.39 is 0 Å². The van der Waals surface area contributed by atoms with Crippen molar-refractivity contribution in [2.24, 2.45) is 0 Å². The highest BCUT2D eigenvalue weighted by Gasteiger charge is 2.36. The summed E-state index contributed by atoms with van der Waals surface area (Å²) in [7, 11) is 0. The van der Waals surface area contributed by atoms with Gasteiger partial charge in [-0.05, 0) is 69.4 Å². The molecule has 2 aliphatic heterocycles. The predicted octanol–water partition coefficient (Wildman–Crippen LogP) is 5.78. The van der Waals surface area contributed by atoms with E-state index in [4.69, 9.17) is 9.47 Å². The lowest BCUT2D eigenvalue weighted by atomic mass is 9.82. The SMILES string of the molecule is CCCOCCN1C(=O)c2ccc3c4ccc5c6c(ccc(c7ccc(c2c37)C1=O)c64)C(=O)N(CCOCCC)C5=O. The third-order valence-electron chi connectivity index (χ3n) is 8.42. The van der Waals surface area contributed by atoms with Gasteiger partial charge in [-0.3, -0.25) is 29.0 Å². The van der Waals surface area contributed by atoms with Crippen LogP contribution in [-0.4, -0.2) is 72.9 Å². The van der Waals surface area contributed by atoms with Gasteiger partial charge in [0.05, 0.1) is 26.3 Å². The molecule has 0 spiro atoms. The molecular formula is C34H30N2O6. The summed E-state index contributed by atoms with van der Waals surface area (Å²) < 4.78 is 11.1. The fourth-order valence-corrected chi connectivity index (χ4v) is 6.58. The molecule has 0 atom stereocenters. The lowest BCUT2D eigenvalue weighted by Crippen LogP contribution is -2.42. The minimum atomic E-state index is -0.327. The van der Waals surface area contributed by atoms with Crippen molar-refractivity contribution in [1.82, 2.24) is 9.80 Å². The number of amides is 4. The van der Waals surface area contributed by atoms with Crippen LogP contribution >= 0.6 is 0 Å². The summed E-state index contributed by atoms with van der Waals surface area (Å²) in [6.07, 6.45) is 1.72. The van der Waals surface area contributed by atoms with Gasteiger partial charge in [-0.2, -0.15) is 0 Å². The summed E-state index contributed by atoms with van der Waals surface area (Å²) in [6.45, 7) is 6.14. The molecule has 0 saturated carbocycles. The Hall–Kier alpha value is -4.40. The van der Waals surface area contributed by atoms with Gasteiger partial charge in [-0.25, -0.2) is 0 Å². The van der Waals surface area contributed by atoms with Gasteiger partial charge < -0.3 is 9.47 Å². The number of rotatable bonds is 10. The Bertz CT molecular complexity index is 1700. The molecule has 0 unspecified atom stereocenters. The van der Waals surface area contributed by atoms with Gasteiger partial charge in [0.2, 0.25) is 0 Å².